The zero-order chi connectivity index (χ0) is 10.1. The van der Waals surface area contributed by atoms with Crippen LogP contribution in [0.25, 0.3) is 0 Å². The van der Waals surface area contributed by atoms with Gasteiger partial charge < -0.3 is 0 Å². The first-order chi connectivity index (χ1) is 5.88. The van der Waals surface area contributed by atoms with Crippen molar-refractivity contribution in [3.8, 4) is 0 Å². The molecule has 1 heterocycles. The summed E-state index contributed by atoms with van der Waals surface area (Å²) in [5, 5.41) is 2.01. The summed E-state index contributed by atoms with van der Waals surface area (Å²) in [5.41, 5.74) is 9.95. The van der Waals surface area contributed by atoms with Crippen LogP contribution in [0.2, 0.25) is 0 Å². The predicted molar refractivity (Wildman–Crippen MR) is 55.5 cm³/mol. The van der Waals surface area contributed by atoms with Crippen molar-refractivity contribution in [2.45, 2.75) is 0 Å². The lowest BCUT2D eigenvalue weighted by Crippen LogP contribution is -2.27. The maximum Gasteiger partial charge on any atom is 0.300 e. The second kappa shape index (κ2) is 3.89. The monoisotopic (exact) mass is 283 g/mol. The van der Waals surface area contributed by atoms with Gasteiger partial charge >= 0.3 is 7.59 Å². The molecular formula is C5H7BrN3O2PS. The van der Waals surface area contributed by atoms with Gasteiger partial charge in [0.1, 0.15) is 0 Å². The van der Waals surface area contributed by atoms with Gasteiger partial charge in [0, 0.05) is 0 Å². The molecule has 8 heteroatoms. The number of amides is 1. The summed E-state index contributed by atoms with van der Waals surface area (Å²) < 4.78 is 11.6. The Bertz CT molecular complexity index is 374. The van der Waals surface area contributed by atoms with Crippen LogP contribution in [0.15, 0.2) is 15.9 Å². The third-order valence-electron chi connectivity index (χ3n) is 1.07. The van der Waals surface area contributed by atoms with Gasteiger partial charge in [0.05, 0.1) is 8.66 Å². The first-order valence-corrected chi connectivity index (χ1v) is 6.59. The zero-order valence-electron chi connectivity index (χ0n) is 6.36. The Hall–Kier alpha value is -0.200. The molecule has 0 aliphatic heterocycles. The number of rotatable bonds is 2. The van der Waals surface area contributed by atoms with Crippen LogP contribution in [0.1, 0.15) is 9.67 Å². The summed E-state index contributed by atoms with van der Waals surface area (Å²) in [7, 11) is -3.49. The van der Waals surface area contributed by atoms with Gasteiger partial charge in [-0.1, -0.05) is 0 Å². The Balaban J connectivity index is 2.75. The molecule has 0 fully saturated rings. The maximum atomic E-state index is 11.2. The van der Waals surface area contributed by atoms with Gasteiger partial charge in [-0.05, 0) is 28.1 Å². The van der Waals surface area contributed by atoms with Crippen molar-refractivity contribution in [2.75, 3.05) is 0 Å². The van der Waals surface area contributed by atoms with Crippen molar-refractivity contribution in [3.05, 3.63) is 20.8 Å². The topological polar surface area (TPSA) is 98.2 Å². The molecule has 0 aliphatic rings. The highest BCUT2D eigenvalue weighted by Gasteiger charge is 2.15. The van der Waals surface area contributed by atoms with E-state index in [2.05, 4.69) is 15.9 Å². The Labute approximate surface area is 87.2 Å². The van der Waals surface area contributed by atoms with Crippen molar-refractivity contribution in [1.82, 2.24) is 5.09 Å². The molecule has 1 aromatic heterocycles. The number of thiophene rings is 1. The standard InChI is InChI=1S/C5H7BrN3O2PS/c6-4-2-1-3(13-4)5(10)9-12(7,8)11/h1-2H,(H5,7,8,9,10,11). The summed E-state index contributed by atoms with van der Waals surface area (Å²) in [6.45, 7) is 0. The van der Waals surface area contributed by atoms with E-state index in [1.165, 1.54) is 11.3 Å². The molecule has 0 atom stereocenters. The van der Waals surface area contributed by atoms with E-state index in [4.69, 9.17) is 11.0 Å². The van der Waals surface area contributed by atoms with Crippen LogP contribution < -0.4 is 16.1 Å². The smallest absolute Gasteiger partial charge is 0.279 e. The van der Waals surface area contributed by atoms with Crippen molar-refractivity contribution in [3.63, 3.8) is 0 Å². The Morgan fingerprint density at radius 2 is 2.15 bits per heavy atom. The molecule has 0 aliphatic carbocycles. The molecule has 1 aromatic rings. The minimum atomic E-state index is -3.49. The highest BCUT2D eigenvalue weighted by atomic mass is 79.9. The molecule has 13 heavy (non-hydrogen) atoms. The van der Waals surface area contributed by atoms with Gasteiger partial charge in [0.25, 0.3) is 5.91 Å². The number of nitrogens with two attached hydrogens (primary N) is 2. The first-order valence-electron chi connectivity index (χ1n) is 3.13. The fraction of sp³-hybridized carbons (Fsp3) is 0. The van der Waals surface area contributed by atoms with Crippen molar-refractivity contribution in [2.24, 2.45) is 11.0 Å². The highest BCUT2D eigenvalue weighted by Crippen LogP contribution is 2.25. The minimum Gasteiger partial charge on any atom is -0.279 e. The van der Waals surface area contributed by atoms with Crippen molar-refractivity contribution >= 4 is 40.8 Å². The molecule has 0 aromatic carbocycles. The van der Waals surface area contributed by atoms with Gasteiger partial charge in [0.15, 0.2) is 0 Å². The lowest BCUT2D eigenvalue weighted by Gasteiger charge is -2.06. The first kappa shape index (κ1) is 10.9. The molecule has 72 valence electrons. The molecular weight excluding hydrogens is 277 g/mol. The van der Waals surface area contributed by atoms with E-state index in [0.29, 0.717) is 4.88 Å². The summed E-state index contributed by atoms with van der Waals surface area (Å²) in [6.07, 6.45) is 0. The SMILES string of the molecule is NP(N)(=O)NC(=O)c1ccc(Br)s1. The van der Waals surface area contributed by atoms with E-state index in [-0.39, 0.29) is 0 Å². The number of hydrogen-bond donors (Lipinski definition) is 3. The second-order valence-electron chi connectivity index (χ2n) is 2.25. The number of halogens is 1. The summed E-state index contributed by atoms with van der Waals surface area (Å²) in [6, 6.07) is 3.29. The average Bonchev–Trinajstić information content (AvgIpc) is 2.31. The van der Waals surface area contributed by atoms with Crippen LogP contribution in [0.4, 0.5) is 0 Å². The zero-order valence-corrected chi connectivity index (χ0v) is 9.66. The molecule has 5 nitrogen and oxygen atoms in total. The molecule has 0 radical (unpaired) electrons. The van der Waals surface area contributed by atoms with Crippen LogP contribution in [-0.4, -0.2) is 5.91 Å². The average molecular weight is 284 g/mol. The summed E-state index contributed by atoms with van der Waals surface area (Å²) in [4.78, 5) is 11.6. The summed E-state index contributed by atoms with van der Waals surface area (Å²) >= 11 is 4.40. The quantitative estimate of drug-likeness (QED) is 0.712. The molecule has 5 N–H and O–H groups in total. The third-order valence-corrected chi connectivity index (χ3v) is 3.25. The summed E-state index contributed by atoms with van der Waals surface area (Å²) in [5.74, 6) is -0.524. The van der Waals surface area contributed by atoms with Gasteiger partial charge in [-0.3, -0.25) is 25.5 Å². The van der Waals surface area contributed by atoms with Gasteiger partial charge in [-0.25, -0.2) is 0 Å². The van der Waals surface area contributed by atoms with Gasteiger partial charge in [-0.2, -0.15) is 0 Å². The maximum absolute atomic E-state index is 11.2. The predicted octanol–water partition coefficient (Wildman–Crippen LogP) is 1.27. The van der Waals surface area contributed by atoms with E-state index in [0.717, 1.165) is 3.79 Å². The van der Waals surface area contributed by atoms with Crippen LogP contribution in [0, 0.1) is 0 Å². The van der Waals surface area contributed by atoms with Crippen LogP contribution in [-0.2, 0) is 4.57 Å². The van der Waals surface area contributed by atoms with E-state index < -0.39 is 13.5 Å². The van der Waals surface area contributed by atoms with E-state index in [9.17, 15) is 9.36 Å². The Morgan fingerprint density at radius 1 is 1.54 bits per heavy atom. The van der Waals surface area contributed by atoms with Crippen molar-refractivity contribution < 1.29 is 9.36 Å². The van der Waals surface area contributed by atoms with Gasteiger partial charge in [-0.15, -0.1) is 11.3 Å². The lowest BCUT2D eigenvalue weighted by molar-refractivity contribution is 0.0984. The van der Waals surface area contributed by atoms with Gasteiger partial charge in [0.2, 0.25) is 0 Å². The van der Waals surface area contributed by atoms with Crippen LogP contribution >= 0.6 is 34.9 Å². The second-order valence-corrected chi connectivity index (χ2v) is 6.36. The fourth-order valence-corrected chi connectivity index (χ4v) is 2.44. The molecule has 1 rings (SSSR count). The number of carbonyl (C=O) groups excluding carboxylic acids is 1. The number of hydrogen-bond acceptors (Lipinski definition) is 3. The van der Waals surface area contributed by atoms with Crippen molar-refractivity contribution in [1.29, 1.82) is 0 Å². The molecule has 0 saturated carbocycles. The van der Waals surface area contributed by atoms with E-state index in [1.807, 2.05) is 5.09 Å². The molecule has 0 unspecified atom stereocenters. The number of carbonyl (C=O) groups is 1. The third kappa shape index (κ3) is 3.58. The fourth-order valence-electron chi connectivity index (χ4n) is 0.650. The normalized spacial score (nSPS) is 11.3. The minimum absolute atomic E-state index is 0.406. The lowest BCUT2D eigenvalue weighted by atomic mass is 10.5. The molecule has 1 amide bonds. The Morgan fingerprint density at radius 3 is 2.54 bits per heavy atom. The largest absolute Gasteiger partial charge is 0.300 e. The molecule has 0 bridgehead atoms. The Kier molecular flexibility index (Phi) is 3.26. The van der Waals surface area contributed by atoms with E-state index >= 15 is 0 Å². The molecule has 0 spiro atoms. The van der Waals surface area contributed by atoms with Crippen LogP contribution in [0.3, 0.4) is 0 Å². The number of nitrogens with one attached hydrogen (secondary N) is 1. The highest BCUT2D eigenvalue weighted by molar-refractivity contribution is 9.11. The van der Waals surface area contributed by atoms with Crippen LogP contribution in [0.5, 0.6) is 0 Å². The molecule has 0 saturated heterocycles. The van der Waals surface area contributed by atoms with E-state index in [1.54, 1.807) is 12.1 Å².